The van der Waals surface area contributed by atoms with Gasteiger partial charge in [-0.15, -0.1) is 0 Å². The SMILES string of the molecule is CSCCC(=O)c1ccc(N(c2ccccc2)c2ccccc2)cc1. The van der Waals surface area contributed by atoms with Crippen LogP contribution in [-0.4, -0.2) is 17.8 Å². The molecule has 0 unspecified atom stereocenters. The normalized spacial score (nSPS) is 10.4. The van der Waals surface area contributed by atoms with Gasteiger partial charge in [0.25, 0.3) is 0 Å². The van der Waals surface area contributed by atoms with E-state index in [0.717, 1.165) is 28.4 Å². The van der Waals surface area contributed by atoms with Gasteiger partial charge in [-0.1, -0.05) is 36.4 Å². The highest BCUT2D eigenvalue weighted by Crippen LogP contribution is 2.34. The third-order valence-electron chi connectivity index (χ3n) is 4.01. The van der Waals surface area contributed by atoms with Crippen molar-refractivity contribution in [2.24, 2.45) is 0 Å². The second kappa shape index (κ2) is 8.54. The molecule has 126 valence electrons. The van der Waals surface area contributed by atoms with Crippen molar-refractivity contribution in [2.75, 3.05) is 16.9 Å². The predicted octanol–water partition coefficient (Wildman–Crippen LogP) is 6.09. The van der Waals surface area contributed by atoms with Crippen molar-refractivity contribution in [3.05, 3.63) is 90.5 Å². The Balaban J connectivity index is 1.93. The summed E-state index contributed by atoms with van der Waals surface area (Å²) in [4.78, 5) is 14.4. The number of hydrogen-bond acceptors (Lipinski definition) is 3. The lowest BCUT2D eigenvalue weighted by atomic mass is 10.1. The molecule has 0 radical (unpaired) electrons. The maximum Gasteiger partial charge on any atom is 0.163 e. The van der Waals surface area contributed by atoms with Crippen LogP contribution >= 0.6 is 11.8 Å². The van der Waals surface area contributed by atoms with E-state index in [1.165, 1.54) is 0 Å². The fourth-order valence-corrected chi connectivity index (χ4v) is 3.13. The van der Waals surface area contributed by atoms with E-state index in [9.17, 15) is 4.79 Å². The summed E-state index contributed by atoms with van der Waals surface area (Å²) in [5, 5.41) is 0. The van der Waals surface area contributed by atoms with Gasteiger partial charge in [0, 0.05) is 34.8 Å². The molecule has 0 saturated heterocycles. The zero-order valence-electron chi connectivity index (χ0n) is 14.3. The topological polar surface area (TPSA) is 20.3 Å². The molecule has 0 heterocycles. The Labute approximate surface area is 153 Å². The van der Waals surface area contributed by atoms with Crippen molar-refractivity contribution in [3.63, 3.8) is 0 Å². The zero-order chi connectivity index (χ0) is 17.5. The lowest BCUT2D eigenvalue weighted by molar-refractivity contribution is 0.0989. The molecule has 0 bridgehead atoms. The predicted molar refractivity (Wildman–Crippen MR) is 108 cm³/mol. The largest absolute Gasteiger partial charge is 0.311 e. The second-order valence-electron chi connectivity index (χ2n) is 5.72. The summed E-state index contributed by atoms with van der Waals surface area (Å²) in [5.74, 6) is 1.06. The van der Waals surface area contributed by atoms with Crippen molar-refractivity contribution < 1.29 is 4.79 Å². The number of rotatable bonds is 7. The fraction of sp³-hybridized carbons (Fsp3) is 0.136. The van der Waals surface area contributed by atoms with E-state index in [4.69, 9.17) is 0 Å². The van der Waals surface area contributed by atoms with Crippen molar-refractivity contribution in [2.45, 2.75) is 6.42 Å². The molecule has 2 nitrogen and oxygen atoms in total. The molecule has 0 aliphatic heterocycles. The minimum Gasteiger partial charge on any atom is -0.311 e. The molecular weight excluding hydrogens is 326 g/mol. The first-order chi connectivity index (χ1) is 12.3. The lowest BCUT2D eigenvalue weighted by Crippen LogP contribution is -2.10. The molecule has 0 spiro atoms. The van der Waals surface area contributed by atoms with Crippen LogP contribution in [0.5, 0.6) is 0 Å². The molecule has 3 rings (SSSR count). The Morgan fingerprint density at radius 3 is 1.72 bits per heavy atom. The monoisotopic (exact) mass is 347 g/mol. The van der Waals surface area contributed by atoms with Gasteiger partial charge in [-0.3, -0.25) is 4.79 Å². The molecule has 3 heteroatoms. The van der Waals surface area contributed by atoms with Crippen LogP contribution in [0, 0.1) is 0 Å². The van der Waals surface area contributed by atoms with E-state index in [2.05, 4.69) is 29.2 Å². The second-order valence-corrected chi connectivity index (χ2v) is 6.70. The number of hydrogen-bond donors (Lipinski definition) is 0. The number of anilines is 3. The molecule has 0 N–H and O–H groups in total. The van der Waals surface area contributed by atoms with E-state index < -0.39 is 0 Å². The van der Waals surface area contributed by atoms with Gasteiger partial charge in [-0.2, -0.15) is 11.8 Å². The summed E-state index contributed by atoms with van der Waals surface area (Å²) in [7, 11) is 0. The van der Waals surface area contributed by atoms with Gasteiger partial charge in [-0.05, 0) is 54.8 Å². The van der Waals surface area contributed by atoms with E-state index in [1.807, 2.05) is 66.9 Å². The van der Waals surface area contributed by atoms with Gasteiger partial charge in [0.1, 0.15) is 0 Å². The highest BCUT2D eigenvalue weighted by Gasteiger charge is 2.12. The van der Waals surface area contributed by atoms with E-state index in [1.54, 1.807) is 11.8 Å². The summed E-state index contributed by atoms with van der Waals surface area (Å²) >= 11 is 1.70. The lowest BCUT2D eigenvalue weighted by Gasteiger charge is -2.25. The number of thioether (sulfide) groups is 1. The quantitative estimate of drug-likeness (QED) is 0.482. The van der Waals surface area contributed by atoms with Gasteiger partial charge in [0.05, 0.1) is 0 Å². The molecule has 0 fully saturated rings. The maximum absolute atomic E-state index is 12.2. The van der Waals surface area contributed by atoms with E-state index in [0.29, 0.717) is 6.42 Å². The van der Waals surface area contributed by atoms with Crippen LogP contribution in [0.25, 0.3) is 0 Å². The van der Waals surface area contributed by atoms with Crippen LogP contribution in [0.1, 0.15) is 16.8 Å². The third-order valence-corrected chi connectivity index (χ3v) is 4.62. The average Bonchev–Trinajstić information content (AvgIpc) is 2.68. The molecule has 0 aromatic heterocycles. The number of benzene rings is 3. The number of ketones is 1. The molecule has 0 saturated carbocycles. The number of nitrogens with zero attached hydrogens (tertiary/aromatic N) is 1. The van der Waals surface area contributed by atoms with Crippen LogP contribution in [0.15, 0.2) is 84.9 Å². The number of carbonyl (C=O) groups is 1. The van der Waals surface area contributed by atoms with Crippen molar-refractivity contribution in [1.29, 1.82) is 0 Å². The summed E-state index contributed by atoms with van der Waals surface area (Å²) in [5.41, 5.74) is 4.00. The average molecular weight is 347 g/mol. The third kappa shape index (κ3) is 4.31. The Morgan fingerprint density at radius 1 is 0.760 bits per heavy atom. The van der Waals surface area contributed by atoms with Crippen LogP contribution < -0.4 is 4.90 Å². The van der Waals surface area contributed by atoms with Gasteiger partial charge in [-0.25, -0.2) is 0 Å². The first-order valence-electron chi connectivity index (χ1n) is 8.32. The molecule has 0 amide bonds. The van der Waals surface area contributed by atoms with E-state index in [-0.39, 0.29) is 5.78 Å². The Bertz CT molecular complexity index is 761. The highest BCUT2D eigenvalue weighted by atomic mass is 32.2. The van der Waals surface area contributed by atoms with Crippen molar-refractivity contribution >= 4 is 34.6 Å². The van der Waals surface area contributed by atoms with Gasteiger partial charge in [0.2, 0.25) is 0 Å². The minimum atomic E-state index is 0.201. The molecule has 0 atom stereocenters. The van der Waals surface area contributed by atoms with Gasteiger partial charge < -0.3 is 4.90 Å². The number of carbonyl (C=O) groups excluding carboxylic acids is 1. The summed E-state index contributed by atoms with van der Waals surface area (Å²) in [6, 6.07) is 28.4. The molecule has 3 aromatic carbocycles. The van der Waals surface area contributed by atoms with Crippen LogP contribution in [0.4, 0.5) is 17.1 Å². The Hall–Kier alpha value is -2.52. The summed E-state index contributed by atoms with van der Waals surface area (Å²) in [6.07, 6.45) is 2.61. The van der Waals surface area contributed by atoms with Crippen LogP contribution in [-0.2, 0) is 0 Å². The molecule has 0 aliphatic carbocycles. The standard InChI is InChI=1S/C22H21NOS/c1-25-17-16-22(24)18-12-14-21(15-13-18)23(19-8-4-2-5-9-19)20-10-6-3-7-11-20/h2-15H,16-17H2,1H3. The molecule has 25 heavy (non-hydrogen) atoms. The molecule has 3 aromatic rings. The zero-order valence-corrected chi connectivity index (χ0v) is 15.1. The summed E-state index contributed by atoms with van der Waals surface area (Å²) < 4.78 is 0. The van der Waals surface area contributed by atoms with Crippen LogP contribution in [0.3, 0.4) is 0 Å². The number of Topliss-reactive ketones (excluding diaryl/α,β-unsaturated/α-hetero) is 1. The first-order valence-corrected chi connectivity index (χ1v) is 9.71. The minimum absolute atomic E-state index is 0.201. The van der Waals surface area contributed by atoms with Crippen molar-refractivity contribution in [3.8, 4) is 0 Å². The summed E-state index contributed by atoms with van der Waals surface area (Å²) in [6.45, 7) is 0. The van der Waals surface area contributed by atoms with Gasteiger partial charge >= 0.3 is 0 Å². The fourth-order valence-electron chi connectivity index (χ4n) is 2.74. The smallest absolute Gasteiger partial charge is 0.163 e. The van der Waals surface area contributed by atoms with Gasteiger partial charge in [0.15, 0.2) is 5.78 Å². The maximum atomic E-state index is 12.2. The van der Waals surface area contributed by atoms with Crippen molar-refractivity contribution in [1.82, 2.24) is 0 Å². The molecular formula is C22H21NOS. The first kappa shape index (κ1) is 17.3. The number of para-hydroxylation sites is 2. The Morgan fingerprint density at radius 2 is 1.24 bits per heavy atom. The highest BCUT2D eigenvalue weighted by molar-refractivity contribution is 7.98. The Kier molecular flexibility index (Phi) is 5.91. The van der Waals surface area contributed by atoms with E-state index >= 15 is 0 Å². The molecule has 0 aliphatic rings. The van der Waals surface area contributed by atoms with Crippen LogP contribution in [0.2, 0.25) is 0 Å².